The topological polar surface area (TPSA) is 32.8 Å². The summed E-state index contributed by atoms with van der Waals surface area (Å²) in [5, 5.41) is 0. The summed E-state index contributed by atoms with van der Waals surface area (Å²) in [5.74, 6) is 0.289. The monoisotopic (exact) mass is 316 g/mol. The van der Waals surface area contributed by atoms with E-state index in [1.807, 2.05) is 11.0 Å². The average Bonchev–Trinajstić information content (AvgIpc) is 2.54. The van der Waals surface area contributed by atoms with Crippen LogP contribution in [0.3, 0.4) is 0 Å². The fraction of sp³-hybridized carbons (Fsp3) is 0.632. The molecule has 0 aliphatic carbocycles. The van der Waals surface area contributed by atoms with Crippen LogP contribution in [-0.4, -0.2) is 60.1 Å². The number of carbonyl (C=O) groups excluding carboxylic acids is 1. The van der Waals surface area contributed by atoms with Gasteiger partial charge in [-0.1, -0.05) is 30.3 Å². The molecule has 0 saturated carbocycles. The van der Waals surface area contributed by atoms with Crippen LogP contribution in [0.2, 0.25) is 0 Å². The van der Waals surface area contributed by atoms with Gasteiger partial charge in [-0.25, -0.2) is 0 Å². The van der Waals surface area contributed by atoms with Crippen LogP contribution in [0.5, 0.6) is 0 Å². The summed E-state index contributed by atoms with van der Waals surface area (Å²) in [4.78, 5) is 17.0. The van der Waals surface area contributed by atoms with Gasteiger partial charge in [0.2, 0.25) is 5.91 Å². The molecule has 2 saturated heterocycles. The van der Waals surface area contributed by atoms with Crippen LogP contribution in [0, 0.1) is 0 Å². The van der Waals surface area contributed by atoms with Crippen molar-refractivity contribution in [1.82, 2.24) is 9.80 Å². The SMILES string of the molecule is CC(C)N1CC2CN(C(=O)CCCc3ccccc3)CC(C1)O2. The van der Waals surface area contributed by atoms with E-state index in [9.17, 15) is 4.79 Å². The molecular formula is C19H28N2O2. The molecule has 4 heteroatoms. The lowest BCUT2D eigenvalue weighted by Crippen LogP contribution is -2.61. The van der Waals surface area contributed by atoms with Gasteiger partial charge in [0.05, 0.1) is 12.2 Å². The van der Waals surface area contributed by atoms with Crippen LogP contribution < -0.4 is 0 Å². The van der Waals surface area contributed by atoms with E-state index in [-0.39, 0.29) is 18.1 Å². The Morgan fingerprint density at radius 2 is 1.78 bits per heavy atom. The number of hydrogen-bond donors (Lipinski definition) is 0. The third-order valence-electron chi connectivity index (χ3n) is 4.89. The molecule has 23 heavy (non-hydrogen) atoms. The molecule has 126 valence electrons. The second-order valence-corrected chi connectivity index (χ2v) is 7.07. The number of amides is 1. The number of carbonyl (C=O) groups is 1. The van der Waals surface area contributed by atoms with Crippen molar-refractivity contribution in [3.8, 4) is 0 Å². The maximum absolute atomic E-state index is 12.5. The van der Waals surface area contributed by atoms with E-state index in [4.69, 9.17) is 4.74 Å². The van der Waals surface area contributed by atoms with Gasteiger partial charge in [-0.15, -0.1) is 0 Å². The summed E-state index contributed by atoms with van der Waals surface area (Å²) in [6, 6.07) is 11.0. The minimum atomic E-state index is 0.183. The minimum Gasteiger partial charge on any atom is -0.369 e. The first-order valence-electron chi connectivity index (χ1n) is 8.83. The molecule has 2 unspecified atom stereocenters. The predicted octanol–water partition coefficient (Wildman–Crippen LogP) is 2.33. The molecule has 2 fully saturated rings. The van der Waals surface area contributed by atoms with Crippen molar-refractivity contribution in [2.24, 2.45) is 0 Å². The van der Waals surface area contributed by atoms with Crippen LogP contribution in [-0.2, 0) is 16.0 Å². The molecule has 4 nitrogen and oxygen atoms in total. The van der Waals surface area contributed by atoms with Crippen molar-refractivity contribution in [3.63, 3.8) is 0 Å². The van der Waals surface area contributed by atoms with E-state index in [2.05, 4.69) is 43.0 Å². The Morgan fingerprint density at radius 3 is 2.39 bits per heavy atom. The van der Waals surface area contributed by atoms with Gasteiger partial charge in [0.15, 0.2) is 0 Å². The molecule has 2 aliphatic heterocycles. The Morgan fingerprint density at radius 1 is 1.13 bits per heavy atom. The largest absolute Gasteiger partial charge is 0.369 e. The van der Waals surface area contributed by atoms with Gasteiger partial charge in [0.25, 0.3) is 0 Å². The summed E-state index contributed by atoms with van der Waals surface area (Å²) in [6.07, 6.45) is 2.91. The molecule has 2 aliphatic rings. The molecular weight excluding hydrogens is 288 g/mol. The second kappa shape index (κ2) is 7.45. The molecule has 2 bridgehead atoms. The van der Waals surface area contributed by atoms with E-state index in [0.717, 1.165) is 39.0 Å². The van der Waals surface area contributed by atoms with E-state index in [1.54, 1.807) is 0 Å². The summed E-state index contributed by atoms with van der Waals surface area (Å²) in [5.41, 5.74) is 1.31. The molecule has 1 aromatic carbocycles. The lowest BCUT2D eigenvalue weighted by molar-refractivity contribution is -0.163. The predicted molar refractivity (Wildman–Crippen MR) is 91.3 cm³/mol. The van der Waals surface area contributed by atoms with Crippen LogP contribution in [0.1, 0.15) is 32.3 Å². The highest BCUT2D eigenvalue weighted by Gasteiger charge is 2.36. The first kappa shape index (κ1) is 16.5. The molecule has 1 aromatic rings. The van der Waals surface area contributed by atoms with Crippen LogP contribution >= 0.6 is 0 Å². The van der Waals surface area contributed by atoms with Crippen LogP contribution in [0.15, 0.2) is 30.3 Å². The number of benzene rings is 1. The molecule has 2 atom stereocenters. The van der Waals surface area contributed by atoms with Gasteiger partial charge in [0, 0.05) is 38.6 Å². The quantitative estimate of drug-likeness (QED) is 0.836. The first-order valence-corrected chi connectivity index (χ1v) is 8.83. The summed E-state index contributed by atoms with van der Waals surface area (Å²) in [7, 11) is 0. The van der Waals surface area contributed by atoms with Crippen molar-refractivity contribution >= 4 is 5.91 Å². The van der Waals surface area contributed by atoms with Crippen LogP contribution in [0.4, 0.5) is 0 Å². The third-order valence-corrected chi connectivity index (χ3v) is 4.89. The molecule has 3 rings (SSSR count). The maximum Gasteiger partial charge on any atom is 0.222 e. The highest BCUT2D eigenvalue weighted by atomic mass is 16.5. The van der Waals surface area contributed by atoms with Crippen molar-refractivity contribution in [2.75, 3.05) is 26.2 Å². The number of ether oxygens (including phenoxy) is 1. The third kappa shape index (κ3) is 4.33. The number of aryl methyl sites for hydroxylation is 1. The molecule has 0 radical (unpaired) electrons. The van der Waals surface area contributed by atoms with E-state index >= 15 is 0 Å². The highest BCUT2D eigenvalue weighted by molar-refractivity contribution is 5.76. The Kier molecular flexibility index (Phi) is 5.34. The molecule has 2 heterocycles. The zero-order chi connectivity index (χ0) is 16.2. The number of morpholine rings is 2. The highest BCUT2D eigenvalue weighted by Crippen LogP contribution is 2.21. The Hall–Kier alpha value is -1.39. The smallest absolute Gasteiger partial charge is 0.222 e. The Labute approximate surface area is 139 Å². The van der Waals surface area contributed by atoms with Gasteiger partial charge < -0.3 is 9.64 Å². The second-order valence-electron chi connectivity index (χ2n) is 7.07. The Bertz CT molecular complexity index is 503. The number of fused-ring (bicyclic) bond motifs is 2. The fourth-order valence-electron chi connectivity index (χ4n) is 3.60. The van der Waals surface area contributed by atoms with E-state index < -0.39 is 0 Å². The van der Waals surface area contributed by atoms with Gasteiger partial charge in [0.1, 0.15) is 0 Å². The summed E-state index contributed by atoms with van der Waals surface area (Å²) < 4.78 is 6.02. The van der Waals surface area contributed by atoms with Crippen molar-refractivity contribution in [1.29, 1.82) is 0 Å². The van der Waals surface area contributed by atoms with Crippen molar-refractivity contribution in [2.45, 2.75) is 51.4 Å². The van der Waals surface area contributed by atoms with Crippen molar-refractivity contribution < 1.29 is 9.53 Å². The number of nitrogens with zero attached hydrogens (tertiary/aromatic N) is 2. The zero-order valence-corrected chi connectivity index (χ0v) is 14.3. The fourth-order valence-corrected chi connectivity index (χ4v) is 3.60. The lowest BCUT2D eigenvalue weighted by atomic mass is 10.1. The van der Waals surface area contributed by atoms with Crippen molar-refractivity contribution in [3.05, 3.63) is 35.9 Å². The number of rotatable bonds is 5. The lowest BCUT2D eigenvalue weighted by Gasteiger charge is -2.47. The van der Waals surface area contributed by atoms with Gasteiger partial charge in [-0.05, 0) is 32.3 Å². The van der Waals surface area contributed by atoms with Gasteiger partial charge >= 0.3 is 0 Å². The first-order chi connectivity index (χ1) is 11.1. The molecule has 0 N–H and O–H groups in total. The summed E-state index contributed by atoms with van der Waals surface area (Å²) >= 11 is 0. The minimum absolute atomic E-state index is 0.183. The molecule has 1 amide bonds. The van der Waals surface area contributed by atoms with E-state index in [0.29, 0.717) is 12.5 Å². The normalized spacial score (nSPS) is 24.9. The average molecular weight is 316 g/mol. The standard InChI is InChI=1S/C19H28N2O2/c1-15(2)20-11-17-13-21(14-18(12-20)23-17)19(22)10-6-9-16-7-4-3-5-8-16/h3-5,7-8,15,17-18H,6,9-14H2,1-2H3. The van der Waals surface area contributed by atoms with E-state index in [1.165, 1.54) is 5.56 Å². The zero-order valence-electron chi connectivity index (χ0n) is 14.3. The van der Waals surface area contributed by atoms with Crippen LogP contribution in [0.25, 0.3) is 0 Å². The van der Waals surface area contributed by atoms with Gasteiger partial charge in [-0.2, -0.15) is 0 Å². The summed E-state index contributed by atoms with van der Waals surface area (Å²) in [6.45, 7) is 7.86. The molecule has 0 aromatic heterocycles. The molecule has 0 spiro atoms. The Balaban J connectivity index is 1.46. The maximum atomic E-state index is 12.5. The van der Waals surface area contributed by atoms with Gasteiger partial charge in [-0.3, -0.25) is 9.69 Å². The number of hydrogen-bond acceptors (Lipinski definition) is 3.